The van der Waals surface area contributed by atoms with Gasteiger partial charge in [-0.3, -0.25) is 9.59 Å². The molecule has 1 rings (SSSR count). The fourth-order valence-electron chi connectivity index (χ4n) is 0.658. The van der Waals surface area contributed by atoms with Gasteiger partial charge >= 0.3 is 0 Å². The SMILES string of the molecule is NC(=O)c1cc(Br)c(C(N)=O)s1. The molecule has 0 saturated carbocycles. The second-order valence-electron chi connectivity index (χ2n) is 2.02. The lowest BCUT2D eigenvalue weighted by atomic mass is 10.4. The van der Waals surface area contributed by atoms with Gasteiger partial charge in [0.15, 0.2) is 0 Å². The van der Waals surface area contributed by atoms with Crippen LogP contribution in [0.3, 0.4) is 0 Å². The van der Waals surface area contributed by atoms with Crippen LogP contribution in [0.5, 0.6) is 0 Å². The van der Waals surface area contributed by atoms with Crippen molar-refractivity contribution in [2.24, 2.45) is 11.5 Å². The molecule has 12 heavy (non-hydrogen) atoms. The minimum atomic E-state index is -0.570. The fourth-order valence-corrected chi connectivity index (χ4v) is 2.23. The van der Waals surface area contributed by atoms with Gasteiger partial charge in [0.25, 0.3) is 11.8 Å². The molecule has 0 aliphatic rings. The molecular formula is C6H5BrN2O2S. The van der Waals surface area contributed by atoms with Gasteiger partial charge in [-0.1, -0.05) is 0 Å². The number of hydrogen-bond donors (Lipinski definition) is 2. The molecule has 0 bridgehead atoms. The van der Waals surface area contributed by atoms with Gasteiger partial charge in [0.1, 0.15) is 4.88 Å². The first-order valence-electron chi connectivity index (χ1n) is 2.91. The Balaban J connectivity index is 3.17. The molecule has 4 nitrogen and oxygen atoms in total. The summed E-state index contributed by atoms with van der Waals surface area (Å²) in [5, 5.41) is 0. The first kappa shape index (κ1) is 9.21. The standard InChI is InChI=1S/C6H5BrN2O2S/c7-2-1-3(5(8)10)12-4(2)6(9)11/h1H,(H2,8,10)(H2,9,11). The van der Waals surface area contributed by atoms with E-state index < -0.39 is 11.8 Å². The summed E-state index contributed by atoms with van der Waals surface area (Å²) in [6, 6.07) is 1.48. The van der Waals surface area contributed by atoms with E-state index in [0.717, 1.165) is 11.3 Å². The predicted octanol–water partition coefficient (Wildman–Crippen LogP) is 0.708. The van der Waals surface area contributed by atoms with Gasteiger partial charge in [0.05, 0.1) is 4.88 Å². The highest BCUT2D eigenvalue weighted by atomic mass is 79.9. The number of amides is 2. The number of hydrogen-bond acceptors (Lipinski definition) is 3. The van der Waals surface area contributed by atoms with E-state index in [9.17, 15) is 9.59 Å². The highest BCUT2D eigenvalue weighted by molar-refractivity contribution is 9.10. The molecule has 0 aliphatic carbocycles. The lowest BCUT2D eigenvalue weighted by molar-refractivity contribution is 0.0996. The first-order valence-corrected chi connectivity index (χ1v) is 4.52. The van der Waals surface area contributed by atoms with Crippen molar-refractivity contribution in [3.63, 3.8) is 0 Å². The molecule has 0 spiro atoms. The van der Waals surface area contributed by atoms with E-state index in [1.807, 2.05) is 0 Å². The van der Waals surface area contributed by atoms with Crippen molar-refractivity contribution >= 4 is 39.1 Å². The van der Waals surface area contributed by atoms with Crippen molar-refractivity contribution in [1.29, 1.82) is 0 Å². The van der Waals surface area contributed by atoms with Crippen molar-refractivity contribution in [3.8, 4) is 0 Å². The third-order valence-electron chi connectivity index (χ3n) is 1.15. The third kappa shape index (κ3) is 1.64. The van der Waals surface area contributed by atoms with E-state index in [1.54, 1.807) is 0 Å². The molecule has 1 aromatic rings. The van der Waals surface area contributed by atoms with E-state index in [1.165, 1.54) is 6.07 Å². The van der Waals surface area contributed by atoms with Crippen LogP contribution in [0.15, 0.2) is 10.5 Å². The number of thiophene rings is 1. The Hall–Kier alpha value is -0.880. The smallest absolute Gasteiger partial charge is 0.259 e. The molecule has 0 saturated heterocycles. The van der Waals surface area contributed by atoms with Crippen molar-refractivity contribution in [2.45, 2.75) is 0 Å². The van der Waals surface area contributed by atoms with Gasteiger partial charge in [0.2, 0.25) is 0 Å². The molecule has 1 heterocycles. The van der Waals surface area contributed by atoms with Crippen LogP contribution in [0, 0.1) is 0 Å². The van der Waals surface area contributed by atoms with Gasteiger partial charge in [-0.15, -0.1) is 11.3 Å². The third-order valence-corrected chi connectivity index (χ3v) is 3.21. The Morgan fingerprint density at radius 2 is 1.92 bits per heavy atom. The summed E-state index contributed by atoms with van der Waals surface area (Å²) in [5.41, 5.74) is 10.0. The summed E-state index contributed by atoms with van der Waals surface area (Å²) in [6.07, 6.45) is 0. The van der Waals surface area contributed by atoms with Crippen LogP contribution >= 0.6 is 27.3 Å². The summed E-state index contributed by atoms with van der Waals surface area (Å²) in [7, 11) is 0. The van der Waals surface area contributed by atoms with Gasteiger partial charge < -0.3 is 11.5 Å². The number of nitrogens with two attached hydrogens (primary N) is 2. The largest absolute Gasteiger partial charge is 0.365 e. The van der Waals surface area contributed by atoms with Crippen LogP contribution < -0.4 is 11.5 Å². The molecule has 6 heteroatoms. The maximum atomic E-state index is 10.7. The Bertz CT molecular complexity index is 347. The molecule has 2 amide bonds. The molecule has 0 aliphatic heterocycles. The molecule has 0 fully saturated rings. The predicted molar refractivity (Wildman–Crippen MR) is 49.1 cm³/mol. The zero-order valence-corrected chi connectivity index (χ0v) is 8.24. The zero-order chi connectivity index (χ0) is 9.30. The molecule has 0 radical (unpaired) electrons. The molecule has 4 N–H and O–H groups in total. The summed E-state index contributed by atoms with van der Waals surface area (Å²) in [4.78, 5) is 22.0. The average molecular weight is 249 g/mol. The van der Waals surface area contributed by atoms with Gasteiger partial charge in [-0.05, 0) is 22.0 Å². The quantitative estimate of drug-likeness (QED) is 0.808. The van der Waals surface area contributed by atoms with Crippen LogP contribution in [-0.4, -0.2) is 11.8 Å². The molecule has 0 unspecified atom stereocenters. The van der Waals surface area contributed by atoms with Crippen molar-refractivity contribution < 1.29 is 9.59 Å². The number of primary amides is 2. The monoisotopic (exact) mass is 248 g/mol. The van der Waals surface area contributed by atoms with Crippen LogP contribution in [0.25, 0.3) is 0 Å². The van der Waals surface area contributed by atoms with Crippen LogP contribution in [-0.2, 0) is 0 Å². The number of carbonyl (C=O) groups is 2. The summed E-state index contributed by atoms with van der Waals surface area (Å²) < 4.78 is 0.508. The molecular weight excluding hydrogens is 244 g/mol. The molecule has 0 aromatic carbocycles. The van der Waals surface area contributed by atoms with Crippen LogP contribution in [0.2, 0.25) is 0 Å². The van der Waals surface area contributed by atoms with Crippen molar-refractivity contribution in [2.75, 3.05) is 0 Å². The van der Waals surface area contributed by atoms with E-state index >= 15 is 0 Å². The fraction of sp³-hybridized carbons (Fsp3) is 0. The normalized spacial score (nSPS) is 9.75. The van der Waals surface area contributed by atoms with Crippen molar-refractivity contribution in [1.82, 2.24) is 0 Å². The highest BCUT2D eigenvalue weighted by Crippen LogP contribution is 2.26. The van der Waals surface area contributed by atoms with E-state index in [4.69, 9.17) is 11.5 Å². The lowest BCUT2D eigenvalue weighted by Crippen LogP contribution is -2.09. The highest BCUT2D eigenvalue weighted by Gasteiger charge is 2.13. The summed E-state index contributed by atoms with van der Waals surface area (Å²) in [6.45, 7) is 0. The summed E-state index contributed by atoms with van der Waals surface area (Å²) in [5.74, 6) is -1.13. The maximum Gasteiger partial charge on any atom is 0.259 e. The number of halogens is 1. The van der Waals surface area contributed by atoms with Gasteiger partial charge in [0, 0.05) is 4.47 Å². The van der Waals surface area contributed by atoms with E-state index in [-0.39, 0.29) is 0 Å². The minimum Gasteiger partial charge on any atom is -0.365 e. The van der Waals surface area contributed by atoms with E-state index in [2.05, 4.69) is 15.9 Å². The van der Waals surface area contributed by atoms with Crippen LogP contribution in [0.1, 0.15) is 19.3 Å². The second kappa shape index (κ2) is 3.24. The molecule has 0 atom stereocenters. The topological polar surface area (TPSA) is 86.2 Å². The first-order chi connectivity index (χ1) is 5.52. The number of rotatable bonds is 2. The minimum absolute atomic E-state index is 0.309. The Morgan fingerprint density at radius 1 is 1.33 bits per heavy atom. The van der Waals surface area contributed by atoms with Gasteiger partial charge in [-0.25, -0.2) is 0 Å². The summed E-state index contributed by atoms with van der Waals surface area (Å²) >= 11 is 4.07. The zero-order valence-electron chi connectivity index (χ0n) is 5.83. The van der Waals surface area contributed by atoms with Crippen LogP contribution in [0.4, 0.5) is 0 Å². The Kier molecular flexibility index (Phi) is 2.49. The molecule has 1 aromatic heterocycles. The maximum absolute atomic E-state index is 10.7. The molecule has 64 valence electrons. The Labute approximate surface area is 80.7 Å². The second-order valence-corrected chi connectivity index (χ2v) is 3.92. The van der Waals surface area contributed by atoms with Crippen molar-refractivity contribution in [3.05, 3.63) is 20.3 Å². The van der Waals surface area contributed by atoms with Gasteiger partial charge in [-0.2, -0.15) is 0 Å². The average Bonchev–Trinajstić information content (AvgIpc) is 2.30. The lowest BCUT2D eigenvalue weighted by Gasteiger charge is -1.86. The van der Waals surface area contributed by atoms with E-state index in [0.29, 0.717) is 14.2 Å². The Morgan fingerprint density at radius 3 is 2.17 bits per heavy atom. The number of carbonyl (C=O) groups excluding carboxylic acids is 2.